The third-order valence-electron chi connectivity index (χ3n) is 4.16. The Morgan fingerprint density at radius 1 is 1.27 bits per heavy atom. The maximum atomic E-state index is 12.2. The lowest BCUT2D eigenvalue weighted by Crippen LogP contribution is -2.57. The fourth-order valence-corrected chi connectivity index (χ4v) is 2.36. The zero-order valence-electron chi connectivity index (χ0n) is 17.0. The van der Waals surface area contributed by atoms with E-state index in [-0.39, 0.29) is 0 Å². The van der Waals surface area contributed by atoms with Crippen LogP contribution in [0.5, 0.6) is 0 Å². The molecule has 0 saturated heterocycles. The van der Waals surface area contributed by atoms with Crippen LogP contribution in [0.4, 0.5) is 4.79 Å². The molecule has 0 aromatic carbocycles. The lowest BCUT2D eigenvalue weighted by atomic mass is 9.93. The third kappa shape index (κ3) is 6.89. The van der Waals surface area contributed by atoms with Crippen molar-refractivity contribution in [3.05, 3.63) is 12.2 Å². The normalized spacial score (nSPS) is 12.7. The maximum Gasteiger partial charge on any atom is 0.408 e. The first-order valence-electron chi connectivity index (χ1n) is 8.93. The SMILES string of the molecule is CCC(CC)(CNC(=NC)NCc1ncnn1C)NC(=O)OC(C)(C)C. The summed E-state index contributed by atoms with van der Waals surface area (Å²) in [4.78, 5) is 20.6. The van der Waals surface area contributed by atoms with Crippen LogP contribution in [0.25, 0.3) is 0 Å². The van der Waals surface area contributed by atoms with E-state index in [9.17, 15) is 4.79 Å². The third-order valence-corrected chi connectivity index (χ3v) is 4.16. The van der Waals surface area contributed by atoms with E-state index in [1.54, 1.807) is 11.7 Å². The van der Waals surface area contributed by atoms with Gasteiger partial charge in [0, 0.05) is 20.6 Å². The Labute approximate surface area is 156 Å². The molecular formula is C17H33N7O2. The maximum absolute atomic E-state index is 12.2. The van der Waals surface area contributed by atoms with E-state index in [1.165, 1.54) is 6.33 Å². The average molecular weight is 367 g/mol. The number of nitrogens with zero attached hydrogens (tertiary/aromatic N) is 4. The van der Waals surface area contributed by atoms with Crippen molar-refractivity contribution >= 4 is 12.1 Å². The van der Waals surface area contributed by atoms with Gasteiger partial charge in [-0.3, -0.25) is 9.67 Å². The lowest BCUT2D eigenvalue weighted by Gasteiger charge is -2.34. The predicted molar refractivity (Wildman–Crippen MR) is 102 cm³/mol. The number of alkyl carbamates (subject to hydrolysis) is 1. The van der Waals surface area contributed by atoms with Crippen LogP contribution in [0.15, 0.2) is 11.3 Å². The van der Waals surface area contributed by atoms with Gasteiger partial charge in [-0.05, 0) is 33.6 Å². The summed E-state index contributed by atoms with van der Waals surface area (Å²) in [5, 5.41) is 13.5. The molecule has 0 aliphatic heterocycles. The second-order valence-corrected chi connectivity index (χ2v) is 7.19. The standard InChI is InChI=1S/C17H33N7O2/c1-8-17(9-2,23-15(25)26-16(3,4)5)11-20-14(18-6)19-10-13-21-12-22-24(13)7/h12H,8-11H2,1-7H3,(H,23,25)(H2,18,19,20). The number of nitrogens with one attached hydrogen (secondary N) is 3. The smallest absolute Gasteiger partial charge is 0.408 e. The van der Waals surface area contributed by atoms with Crippen LogP contribution >= 0.6 is 0 Å². The summed E-state index contributed by atoms with van der Waals surface area (Å²) in [7, 11) is 3.54. The van der Waals surface area contributed by atoms with Gasteiger partial charge in [0.05, 0.1) is 12.1 Å². The van der Waals surface area contributed by atoms with Crippen molar-refractivity contribution in [2.24, 2.45) is 12.0 Å². The Balaban J connectivity index is 2.64. The summed E-state index contributed by atoms with van der Waals surface area (Å²) in [6.45, 7) is 10.7. The van der Waals surface area contributed by atoms with Crippen LogP contribution in [-0.2, 0) is 18.3 Å². The van der Waals surface area contributed by atoms with Gasteiger partial charge >= 0.3 is 6.09 Å². The van der Waals surface area contributed by atoms with Gasteiger partial charge in [0.2, 0.25) is 0 Å². The minimum atomic E-state index is -0.529. The predicted octanol–water partition coefficient (Wildman–Crippen LogP) is 1.56. The highest BCUT2D eigenvalue weighted by Gasteiger charge is 2.30. The van der Waals surface area contributed by atoms with Crippen molar-refractivity contribution in [1.29, 1.82) is 0 Å². The molecule has 9 heteroatoms. The first-order valence-corrected chi connectivity index (χ1v) is 8.93. The molecule has 1 aromatic rings. The number of aromatic nitrogens is 3. The first-order chi connectivity index (χ1) is 12.1. The van der Waals surface area contributed by atoms with Crippen molar-refractivity contribution in [1.82, 2.24) is 30.7 Å². The minimum absolute atomic E-state index is 0.412. The number of rotatable bonds is 7. The molecule has 0 spiro atoms. The molecule has 1 heterocycles. The van der Waals surface area contributed by atoms with Crippen LogP contribution in [0.1, 0.15) is 53.3 Å². The molecule has 3 N–H and O–H groups in total. The molecule has 9 nitrogen and oxygen atoms in total. The molecule has 0 aliphatic rings. The molecule has 1 rings (SSSR count). The lowest BCUT2D eigenvalue weighted by molar-refractivity contribution is 0.0448. The molecule has 0 fully saturated rings. The Hall–Kier alpha value is -2.32. The average Bonchev–Trinajstić information content (AvgIpc) is 2.97. The molecule has 1 aromatic heterocycles. The van der Waals surface area contributed by atoms with Gasteiger partial charge in [-0.25, -0.2) is 9.78 Å². The fraction of sp³-hybridized carbons (Fsp3) is 0.765. The number of hydrogen-bond acceptors (Lipinski definition) is 5. The molecule has 148 valence electrons. The second-order valence-electron chi connectivity index (χ2n) is 7.19. The van der Waals surface area contributed by atoms with Crippen LogP contribution < -0.4 is 16.0 Å². The summed E-state index contributed by atoms with van der Waals surface area (Å²) in [5.74, 6) is 1.43. The van der Waals surface area contributed by atoms with Crippen molar-refractivity contribution in [2.45, 2.75) is 65.1 Å². The van der Waals surface area contributed by atoms with E-state index in [4.69, 9.17) is 4.74 Å². The van der Waals surface area contributed by atoms with Crippen LogP contribution in [0.3, 0.4) is 0 Å². The fourth-order valence-electron chi connectivity index (χ4n) is 2.36. The van der Waals surface area contributed by atoms with Gasteiger partial charge in [-0.1, -0.05) is 13.8 Å². The summed E-state index contributed by atoms with van der Waals surface area (Å²) in [5.41, 5.74) is -0.955. The van der Waals surface area contributed by atoms with E-state index in [0.29, 0.717) is 19.0 Å². The van der Waals surface area contributed by atoms with Gasteiger partial charge in [0.1, 0.15) is 17.8 Å². The highest BCUT2D eigenvalue weighted by atomic mass is 16.6. The first kappa shape index (κ1) is 21.7. The zero-order chi connectivity index (χ0) is 19.8. The monoisotopic (exact) mass is 367 g/mol. The van der Waals surface area contributed by atoms with Crippen LogP contribution in [0, 0.1) is 0 Å². The molecule has 26 heavy (non-hydrogen) atoms. The van der Waals surface area contributed by atoms with E-state index in [1.807, 2.05) is 41.7 Å². The Morgan fingerprint density at radius 3 is 2.38 bits per heavy atom. The number of guanidine groups is 1. The Kier molecular flexibility index (Phi) is 7.85. The zero-order valence-corrected chi connectivity index (χ0v) is 17.0. The number of carbonyl (C=O) groups excluding carboxylic acids is 1. The number of hydrogen-bond donors (Lipinski definition) is 3. The van der Waals surface area contributed by atoms with Crippen molar-refractivity contribution in [2.75, 3.05) is 13.6 Å². The van der Waals surface area contributed by atoms with Gasteiger partial charge in [0.15, 0.2) is 5.96 Å². The van der Waals surface area contributed by atoms with Gasteiger partial charge in [0.25, 0.3) is 0 Å². The minimum Gasteiger partial charge on any atom is -0.444 e. The van der Waals surface area contributed by atoms with Crippen LogP contribution in [0.2, 0.25) is 0 Å². The summed E-state index contributed by atoms with van der Waals surface area (Å²) in [6.07, 6.45) is 2.62. The number of amides is 1. The molecule has 0 aliphatic carbocycles. The number of ether oxygens (including phenoxy) is 1. The Morgan fingerprint density at radius 2 is 1.92 bits per heavy atom. The highest BCUT2D eigenvalue weighted by Crippen LogP contribution is 2.16. The van der Waals surface area contributed by atoms with Crippen molar-refractivity contribution in [3.8, 4) is 0 Å². The summed E-state index contributed by atoms with van der Waals surface area (Å²) >= 11 is 0. The number of carbonyl (C=O) groups is 1. The second kappa shape index (κ2) is 9.40. The summed E-state index contributed by atoms with van der Waals surface area (Å²) < 4.78 is 7.10. The van der Waals surface area contributed by atoms with Gasteiger partial charge < -0.3 is 20.7 Å². The topological polar surface area (TPSA) is 105 Å². The molecule has 0 unspecified atom stereocenters. The number of aryl methyl sites for hydroxylation is 1. The van der Waals surface area contributed by atoms with E-state index in [2.05, 4.69) is 31.0 Å². The molecule has 1 amide bonds. The molecular weight excluding hydrogens is 334 g/mol. The number of aliphatic imine (C=N–C) groups is 1. The molecule has 0 bridgehead atoms. The van der Waals surface area contributed by atoms with E-state index in [0.717, 1.165) is 18.7 Å². The van der Waals surface area contributed by atoms with Crippen LogP contribution in [-0.4, -0.2) is 51.5 Å². The van der Waals surface area contributed by atoms with Crippen molar-refractivity contribution < 1.29 is 9.53 Å². The van der Waals surface area contributed by atoms with E-state index >= 15 is 0 Å². The quantitative estimate of drug-likeness (QED) is 0.499. The summed E-state index contributed by atoms with van der Waals surface area (Å²) in [6, 6.07) is 0. The van der Waals surface area contributed by atoms with E-state index < -0.39 is 17.2 Å². The van der Waals surface area contributed by atoms with Gasteiger partial charge in [-0.2, -0.15) is 5.10 Å². The van der Waals surface area contributed by atoms with Crippen molar-refractivity contribution in [3.63, 3.8) is 0 Å². The van der Waals surface area contributed by atoms with Gasteiger partial charge in [-0.15, -0.1) is 0 Å². The highest BCUT2D eigenvalue weighted by molar-refractivity contribution is 5.79. The molecule has 0 radical (unpaired) electrons. The Bertz CT molecular complexity index is 600. The molecule has 0 atom stereocenters. The largest absolute Gasteiger partial charge is 0.444 e. The molecule has 0 saturated carbocycles.